The molecule has 0 aliphatic heterocycles. The van der Waals surface area contributed by atoms with Crippen LogP contribution in [0, 0.1) is 34.9 Å². The topological polar surface area (TPSA) is 54.0 Å². The summed E-state index contributed by atoms with van der Waals surface area (Å²) in [4.78, 5) is 10.2. The SMILES string of the molecule is CCCCCCOc1ccc(-c2ccc(OCC)c(F)c2F)c(F)c1.CCOc1ccc(-c2ccc(OCCCCCC=O)cc2F)c(F)c1F. The van der Waals surface area contributed by atoms with Crippen molar-refractivity contribution in [2.24, 2.45) is 0 Å². The predicted molar refractivity (Wildman–Crippen MR) is 186 cm³/mol. The zero-order valence-corrected chi connectivity index (χ0v) is 29.1. The summed E-state index contributed by atoms with van der Waals surface area (Å²) in [5.74, 6) is -5.59. The van der Waals surface area contributed by atoms with Crippen LogP contribution in [0.5, 0.6) is 23.0 Å². The van der Waals surface area contributed by atoms with Gasteiger partial charge in [0, 0.05) is 40.8 Å². The monoisotopic (exact) mass is 718 g/mol. The molecule has 0 atom stereocenters. The van der Waals surface area contributed by atoms with Crippen LogP contribution in [0.25, 0.3) is 22.3 Å². The van der Waals surface area contributed by atoms with Crippen LogP contribution >= 0.6 is 0 Å². The summed E-state index contributed by atoms with van der Waals surface area (Å²) >= 11 is 0. The number of hydrogen-bond donors (Lipinski definition) is 0. The van der Waals surface area contributed by atoms with Crippen molar-refractivity contribution in [3.05, 3.63) is 95.6 Å². The van der Waals surface area contributed by atoms with E-state index in [1.165, 1.54) is 48.5 Å². The largest absolute Gasteiger partial charge is 0.493 e. The van der Waals surface area contributed by atoms with Crippen LogP contribution in [0.3, 0.4) is 0 Å². The number of carbonyl (C=O) groups is 1. The molecule has 0 spiro atoms. The average Bonchev–Trinajstić information content (AvgIpc) is 3.12. The van der Waals surface area contributed by atoms with Gasteiger partial charge in [0.25, 0.3) is 0 Å². The highest BCUT2D eigenvalue weighted by Gasteiger charge is 2.20. The van der Waals surface area contributed by atoms with Gasteiger partial charge in [-0.25, -0.2) is 17.6 Å². The van der Waals surface area contributed by atoms with Crippen molar-refractivity contribution in [1.82, 2.24) is 0 Å². The van der Waals surface area contributed by atoms with Crippen molar-refractivity contribution in [3.63, 3.8) is 0 Å². The molecule has 0 fully saturated rings. The van der Waals surface area contributed by atoms with Gasteiger partial charge in [-0.1, -0.05) is 26.2 Å². The number of rotatable bonds is 19. The van der Waals surface area contributed by atoms with E-state index < -0.39 is 34.9 Å². The summed E-state index contributed by atoms with van der Waals surface area (Å²) in [6.45, 7) is 6.77. The summed E-state index contributed by atoms with van der Waals surface area (Å²) in [6, 6.07) is 13.4. The molecule has 4 aromatic carbocycles. The Balaban J connectivity index is 0.000000276. The van der Waals surface area contributed by atoms with Gasteiger partial charge in [-0.2, -0.15) is 8.78 Å². The normalized spacial score (nSPS) is 10.7. The molecule has 0 aromatic heterocycles. The highest BCUT2D eigenvalue weighted by atomic mass is 19.2. The number of carbonyl (C=O) groups excluding carboxylic acids is 1. The highest BCUT2D eigenvalue weighted by Crippen LogP contribution is 2.34. The Morgan fingerprint density at radius 1 is 0.490 bits per heavy atom. The number of aldehydes is 1. The third-order valence-electron chi connectivity index (χ3n) is 7.66. The molecule has 276 valence electrons. The molecule has 11 heteroatoms. The molecule has 0 aliphatic carbocycles. The van der Waals surface area contributed by atoms with E-state index in [0.29, 0.717) is 31.1 Å². The quantitative estimate of drug-likeness (QED) is 0.0549. The maximum atomic E-state index is 14.3. The summed E-state index contributed by atoms with van der Waals surface area (Å²) in [7, 11) is 0. The van der Waals surface area contributed by atoms with E-state index in [4.69, 9.17) is 18.9 Å². The first-order valence-corrected chi connectivity index (χ1v) is 17.2. The second-order valence-corrected chi connectivity index (χ2v) is 11.4. The van der Waals surface area contributed by atoms with E-state index in [1.54, 1.807) is 19.9 Å². The standard InChI is InChI=1S/C20H21F3O3.C20H23F3O2/c1-2-25-18-10-9-16(19(22)20(18)23)15-8-7-14(13-17(15)21)26-12-6-4-3-5-11-24;1-3-5-6-7-12-25-14-8-9-15(17(21)13-14)16-10-11-18(24-4-2)20(23)19(16)22/h7-11,13H,2-6,12H2,1H3;8-11,13H,3-7,12H2,1-2H3. The number of ether oxygens (including phenoxy) is 4. The molecular weight excluding hydrogens is 674 g/mol. The molecule has 5 nitrogen and oxygen atoms in total. The smallest absolute Gasteiger partial charge is 0.201 e. The Kier molecular flexibility index (Phi) is 17.2. The van der Waals surface area contributed by atoms with Crippen LogP contribution in [-0.4, -0.2) is 32.7 Å². The zero-order chi connectivity index (χ0) is 37.2. The summed E-state index contributed by atoms with van der Waals surface area (Å²) < 4.78 is 106. The van der Waals surface area contributed by atoms with Crippen LogP contribution < -0.4 is 18.9 Å². The summed E-state index contributed by atoms with van der Waals surface area (Å²) in [6.07, 6.45) is 8.01. The van der Waals surface area contributed by atoms with E-state index in [-0.39, 0.29) is 47.0 Å². The molecule has 51 heavy (non-hydrogen) atoms. The minimum atomic E-state index is -1.15. The zero-order valence-electron chi connectivity index (χ0n) is 29.1. The molecule has 4 rings (SSSR count). The summed E-state index contributed by atoms with van der Waals surface area (Å²) in [5, 5.41) is 0. The Morgan fingerprint density at radius 2 is 0.922 bits per heavy atom. The Morgan fingerprint density at radius 3 is 1.31 bits per heavy atom. The second-order valence-electron chi connectivity index (χ2n) is 11.4. The Labute approximate surface area is 295 Å². The van der Waals surface area contributed by atoms with Crippen molar-refractivity contribution in [3.8, 4) is 45.3 Å². The van der Waals surface area contributed by atoms with Crippen molar-refractivity contribution in [2.45, 2.75) is 72.1 Å². The van der Waals surface area contributed by atoms with E-state index >= 15 is 0 Å². The number of halogens is 6. The molecule has 0 saturated carbocycles. The highest BCUT2D eigenvalue weighted by molar-refractivity contribution is 5.68. The lowest BCUT2D eigenvalue weighted by atomic mass is 10.0. The lowest BCUT2D eigenvalue weighted by molar-refractivity contribution is -0.107. The molecule has 4 aromatic rings. The van der Waals surface area contributed by atoms with Crippen LogP contribution in [-0.2, 0) is 4.79 Å². The molecule has 0 radical (unpaired) electrons. The molecule has 0 bridgehead atoms. The van der Waals surface area contributed by atoms with Gasteiger partial charge in [0.1, 0.15) is 29.4 Å². The minimum Gasteiger partial charge on any atom is -0.493 e. The minimum absolute atomic E-state index is 0.0159. The van der Waals surface area contributed by atoms with Gasteiger partial charge in [-0.15, -0.1) is 0 Å². The first kappa shape index (κ1) is 40.8. The molecular formula is C40H44F6O5. The van der Waals surface area contributed by atoms with E-state index in [1.807, 2.05) is 0 Å². The first-order chi connectivity index (χ1) is 24.7. The third-order valence-corrected chi connectivity index (χ3v) is 7.66. The van der Waals surface area contributed by atoms with Crippen LogP contribution in [0.1, 0.15) is 72.1 Å². The molecule has 0 aliphatic rings. The van der Waals surface area contributed by atoms with E-state index in [0.717, 1.165) is 57.3 Å². The average molecular weight is 719 g/mol. The van der Waals surface area contributed by atoms with Gasteiger partial charge in [-0.05, 0) is 88.1 Å². The van der Waals surface area contributed by atoms with Gasteiger partial charge in [-0.3, -0.25) is 0 Å². The molecule has 0 N–H and O–H groups in total. The van der Waals surface area contributed by atoms with Crippen LogP contribution in [0.4, 0.5) is 26.3 Å². The van der Waals surface area contributed by atoms with Crippen molar-refractivity contribution in [2.75, 3.05) is 26.4 Å². The van der Waals surface area contributed by atoms with Crippen molar-refractivity contribution >= 4 is 6.29 Å². The third kappa shape index (κ3) is 12.0. The van der Waals surface area contributed by atoms with E-state index in [2.05, 4.69) is 6.92 Å². The first-order valence-electron chi connectivity index (χ1n) is 17.2. The van der Waals surface area contributed by atoms with Gasteiger partial charge in [0.2, 0.25) is 11.6 Å². The Bertz CT molecular complexity index is 1700. The lowest BCUT2D eigenvalue weighted by Crippen LogP contribution is -2.00. The van der Waals surface area contributed by atoms with Crippen LogP contribution in [0.2, 0.25) is 0 Å². The molecule has 0 unspecified atom stereocenters. The van der Waals surface area contributed by atoms with Crippen LogP contribution in [0.15, 0.2) is 60.7 Å². The van der Waals surface area contributed by atoms with Gasteiger partial charge < -0.3 is 23.7 Å². The number of unbranched alkanes of at least 4 members (excludes halogenated alkanes) is 6. The van der Waals surface area contributed by atoms with Crippen molar-refractivity contribution < 1.29 is 50.1 Å². The fraction of sp³-hybridized carbons (Fsp3) is 0.375. The van der Waals surface area contributed by atoms with Gasteiger partial charge in [0.15, 0.2) is 23.1 Å². The molecule has 0 amide bonds. The number of hydrogen-bond acceptors (Lipinski definition) is 5. The maximum Gasteiger partial charge on any atom is 0.201 e. The lowest BCUT2D eigenvalue weighted by Gasteiger charge is -2.11. The fourth-order valence-corrected chi connectivity index (χ4v) is 5.04. The van der Waals surface area contributed by atoms with Crippen molar-refractivity contribution in [1.29, 1.82) is 0 Å². The fourth-order valence-electron chi connectivity index (χ4n) is 5.04. The van der Waals surface area contributed by atoms with Gasteiger partial charge >= 0.3 is 0 Å². The second kappa shape index (κ2) is 21.5. The van der Waals surface area contributed by atoms with Gasteiger partial charge in [0.05, 0.1) is 26.4 Å². The maximum absolute atomic E-state index is 14.3. The predicted octanol–water partition coefficient (Wildman–Crippen LogP) is 11.4. The number of benzene rings is 4. The van der Waals surface area contributed by atoms with E-state index in [9.17, 15) is 31.1 Å². The molecule has 0 heterocycles. The Hall–Kier alpha value is -4.67. The summed E-state index contributed by atoms with van der Waals surface area (Å²) in [5.41, 5.74) is -0.391. The molecule has 0 saturated heterocycles.